The molecule has 166 valence electrons. The van der Waals surface area contributed by atoms with Gasteiger partial charge in [-0.15, -0.1) is 0 Å². The molecule has 0 aliphatic carbocycles. The number of anilines is 1. The number of sulfonamides is 1. The Balaban J connectivity index is 1.79. The van der Waals surface area contributed by atoms with Crippen molar-refractivity contribution in [1.82, 2.24) is 23.7 Å². The minimum Gasteiger partial charge on any atom is -0.378 e. The molecule has 0 bridgehead atoms. The summed E-state index contributed by atoms with van der Waals surface area (Å²) in [6.07, 6.45) is 7.28. The summed E-state index contributed by atoms with van der Waals surface area (Å²) in [5.41, 5.74) is 9.94. The molecule has 0 spiro atoms. The van der Waals surface area contributed by atoms with Gasteiger partial charge in [0.15, 0.2) is 0 Å². The Bertz CT molecular complexity index is 1260. The molecule has 0 unspecified atom stereocenters. The molecule has 3 aromatic heterocycles. The van der Waals surface area contributed by atoms with E-state index in [9.17, 15) is 13.2 Å². The molecule has 1 aliphatic heterocycles. The second-order valence-corrected chi connectivity index (χ2v) is 10.1. The maximum absolute atomic E-state index is 12.2. The van der Waals surface area contributed by atoms with E-state index < -0.39 is 15.9 Å². The van der Waals surface area contributed by atoms with Crippen LogP contribution in [0.4, 0.5) is 5.69 Å². The van der Waals surface area contributed by atoms with E-state index in [-0.39, 0.29) is 17.5 Å². The van der Waals surface area contributed by atoms with E-state index in [0.29, 0.717) is 24.3 Å². The molecule has 3 N–H and O–H groups in total. The monoisotopic (exact) mass is 445 g/mol. The van der Waals surface area contributed by atoms with Crippen molar-refractivity contribution in [2.45, 2.75) is 26.3 Å². The van der Waals surface area contributed by atoms with Crippen molar-refractivity contribution in [1.29, 1.82) is 0 Å². The van der Waals surface area contributed by atoms with Crippen LogP contribution in [0.5, 0.6) is 0 Å². The van der Waals surface area contributed by atoms with Gasteiger partial charge in [0.05, 0.1) is 34.9 Å². The third-order valence-corrected chi connectivity index (χ3v) is 7.19. The van der Waals surface area contributed by atoms with Crippen LogP contribution in [0.25, 0.3) is 16.6 Å². The molecule has 1 fully saturated rings. The van der Waals surface area contributed by atoms with Crippen LogP contribution in [-0.2, 0) is 17.1 Å². The highest BCUT2D eigenvalue weighted by Gasteiger charge is 2.36. The van der Waals surface area contributed by atoms with E-state index in [4.69, 9.17) is 5.73 Å². The fourth-order valence-corrected chi connectivity index (χ4v) is 5.18. The van der Waals surface area contributed by atoms with Crippen molar-refractivity contribution < 1.29 is 13.2 Å². The first kappa shape index (κ1) is 21.3. The van der Waals surface area contributed by atoms with Gasteiger partial charge in [-0.2, -0.15) is 14.5 Å². The Morgan fingerprint density at radius 3 is 2.65 bits per heavy atom. The highest BCUT2D eigenvalue weighted by atomic mass is 32.2. The summed E-state index contributed by atoms with van der Waals surface area (Å²) in [5, 5.41) is 12.2. The quantitative estimate of drug-likeness (QED) is 0.587. The number of amides is 1. The lowest BCUT2D eigenvalue weighted by atomic mass is 10.00. The second-order valence-electron chi connectivity index (χ2n) is 8.16. The first-order valence-electron chi connectivity index (χ1n) is 10.1. The zero-order valence-electron chi connectivity index (χ0n) is 18.0. The van der Waals surface area contributed by atoms with Crippen LogP contribution < -0.4 is 11.1 Å². The van der Waals surface area contributed by atoms with Crippen molar-refractivity contribution in [3.8, 4) is 11.1 Å². The molecular formula is C20H27N7O3S. The van der Waals surface area contributed by atoms with E-state index in [0.717, 1.165) is 23.2 Å². The largest absolute Gasteiger partial charge is 0.378 e. The zero-order valence-corrected chi connectivity index (χ0v) is 18.8. The standard InChI is InChI=1S/C20H27N7O3S/c1-5-13-8-26(31(4,29)30)11-17(13)23-19-15(20(21)28)7-22-27-9-14(6-18(19)27)16-10-25(3)24-12(16)2/h6-7,9-10,13,17,23H,5,8,11H2,1-4H3,(H2,21,28)/t13-,17+/m0/s1. The lowest BCUT2D eigenvalue weighted by molar-refractivity contribution is 0.100. The molecular weight excluding hydrogens is 418 g/mol. The normalized spacial score (nSPS) is 19.9. The Labute approximate surface area is 181 Å². The fourth-order valence-electron chi connectivity index (χ4n) is 4.29. The third kappa shape index (κ3) is 3.90. The molecule has 3 aromatic rings. The molecule has 0 saturated carbocycles. The molecule has 1 amide bonds. The maximum Gasteiger partial charge on any atom is 0.252 e. The van der Waals surface area contributed by atoms with Crippen molar-refractivity contribution >= 4 is 27.1 Å². The van der Waals surface area contributed by atoms with Gasteiger partial charge in [-0.1, -0.05) is 13.3 Å². The van der Waals surface area contributed by atoms with Crippen LogP contribution in [0.15, 0.2) is 24.7 Å². The smallest absolute Gasteiger partial charge is 0.252 e. The van der Waals surface area contributed by atoms with Gasteiger partial charge in [0, 0.05) is 49.7 Å². The maximum atomic E-state index is 12.2. The Kier molecular flexibility index (Phi) is 5.26. The molecule has 0 radical (unpaired) electrons. The number of nitrogens with one attached hydrogen (secondary N) is 1. The number of nitrogens with two attached hydrogens (primary N) is 1. The molecule has 10 nitrogen and oxygen atoms in total. The fraction of sp³-hybridized carbons (Fsp3) is 0.450. The highest BCUT2D eigenvalue weighted by molar-refractivity contribution is 7.88. The lowest BCUT2D eigenvalue weighted by Gasteiger charge is -2.21. The Morgan fingerprint density at radius 1 is 1.32 bits per heavy atom. The van der Waals surface area contributed by atoms with Crippen molar-refractivity contribution in [2.75, 3.05) is 24.7 Å². The minimum absolute atomic E-state index is 0.110. The number of carbonyl (C=O) groups is 1. The van der Waals surface area contributed by atoms with Crippen LogP contribution in [0.2, 0.25) is 0 Å². The topological polar surface area (TPSA) is 128 Å². The van der Waals surface area contributed by atoms with Gasteiger partial charge < -0.3 is 11.1 Å². The number of aromatic nitrogens is 4. The first-order valence-corrected chi connectivity index (χ1v) is 12.0. The van der Waals surface area contributed by atoms with Crippen LogP contribution in [0.1, 0.15) is 29.4 Å². The summed E-state index contributed by atoms with van der Waals surface area (Å²) in [6.45, 7) is 4.74. The average molecular weight is 446 g/mol. The van der Waals surface area contributed by atoms with Gasteiger partial charge in [0.2, 0.25) is 10.0 Å². The van der Waals surface area contributed by atoms with Gasteiger partial charge in [-0.25, -0.2) is 12.9 Å². The van der Waals surface area contributed by atoms with E-state index in [1.165, 1.54) is 16.8 Å². The molecule has 4 rings (SSSR count). The van der Waals surface area contributed by atoms with E-state index in [2.05, 4.69) is 15.5 Å². The van der Waals surface area contributed by atoms with Gasteiger partial charge in [0.25, 0.3) is 5.91 Å². The number of carbonyl (C=O) groups excluding carboxylic acids is 1. The average Bonchev–Trinajstić information content (AvgIpc) is 3.37. The molecule has 2 atom stereocenters. The predicted octanol–water partition coefficient (Wildman–Crippen LogP) is 1.22. The number of fused-ring (bicyclic) bond motifs is 1. The van der Waals surface area contributed by atoms with Gasteiger partial charge in [-0.3, -0.25) is 9.48 Å². The number of hydrogen-bond donors (Lipinski definition) is 2. The zero-order chi connectivity index (χ0) is 22.5. The van der Waals surface area contributed by atoms with Crippen LogP contribution in [0, 0.1) is 12.8 Å². The first-order chi connectivity index (χ1) is 14.6. The summed E-state index contributed by atoms with van der Waals surface area (Å²) in [6, 6.07) is 1.79. The van der Waals surface area contributed by atoms with Gasteiger partial charge >= 0.3 is 0 Å². The van der Waals surface area contributed by atoms with E-state index in [1.54, 1.807) is 9.20 Å². The van der Waals surface area contributed by atoms with Crippen molar-refractivity contribution in [3.63, 3.8) is 0 Å². The van der Waals surface area contributed by atoms with Crippen molar-refractivity contribution in [2.24, 2.45) is 18.7 Å². The summed E-state index contributed by atoms with van der Waals surface area (Å²) in [7, 11) is -1.44. The van der Waals surface area contributed by atoms with Crippen LogP contribution >= 0.6 is 0 Å². The summed E-state index contributed by atoms with van der Waals surface area (Å²) >= 11 is 0. The number of primary amides is 1. The lowest BCUT2D eigenvalue weighted by Crippen LogP contribution is -2.32. The van der Waals surface area contributed by atoms with Crippen LogP contribution in [0.3, 0.4) is 0 Å². The number of nitrogens with zero attached hydrogens (tertiary/aromatic N) is 5. The predicted molar refractivity (Wildman–Crippen MR) is 118 cm³/mol. The summed E-state index contributed by atoms with van der Waals surface area (Å²) < 4.78 is 29.1. The molecule has 1 aliphatic rings. The molecule has 0 aromatic carbocycles. The Hall–Kier alpha value is -2.92. The molecule has 4 heterocycles. The number of aryl methyl sites for hydroxylation is 2. The molecule has 31 heavy (non-hydrogen) atoms. The van der Waals surface area contributed by atoms with Crippen molar-refractivity contribution in [3.05, 3.63) is 35.9 Å². The molecule has 11 heteroatoms. The summed E-state index contributed by atoms with van der Waals surface area (Å²) in [5.74, 6) is -0.484. The van der Waals surface area contributed by atoms with Gasteiger partial charge in [0.1, 0.15) is 0 Å². The second kappa shape index (κ2) is 7.65. The number of rotatable bonds is 6. The number of hydrogen-bond acceptors (Lipinski definition) is 6. The van der Waals surface area contributed by atoms with Crippen LogP contribution in [-0.4, -0.2) is 63.4 Å². The molecule has 1 saturated heterocycles. The Morgan fingerprint density at radius 2 is 2.06 bits per heavy atom. The SMILES string of the molecule is CC[C@H]1CN(S(C)(=O)=O)C[C@H]1Nc1c(C(N)=O)cnn2cc(-c3cn(C)nc3C)cc12. The highest BCUT2D eigenvalue weighted by Crippen LogP contribution is 2.32. The van der Waals surface area contributed by atoms with Gasteiger partial charge in [-0.05, 0) is 18.9 Å². The third-order valence-electron chi connectivity index (χ3n) is 5.96. The summed E-state index contributed by atoms with van der Waals surface area (Å²) in [4.78, 5) is 12.2. The minimum atomic E-state index is -3.30. The van der Waals surface area contributed by atoms with E-state index >= 15 is 0 Å². The van der Waals surface area contributed by atoms with E-state index in [1.807, 2.05) is 39.4 Å².